The number of rotatable bonds is 5. The molecule has 0 aliphatic rings. The van der Waals surface area contributed by atoms with Gasteiger partial charge in [0.05, 0.1) is 4.92 Å². The molecule has 0 amide bonds. The Bertz CT molecular complexity index is 379. The lowest BCUT2D eigenvalue weighted by Crippen LogP contribution is -1.97. The fourth-order valence-electron chi connectivity index (χ4n) is 1.28. The van der Waals surface area contributed by atoms with E-state index in [2.05, 4.69) is 0 Å². The first-order valence-corrected chi connectivity index (χ1v) is 4.52. The second-order valence-electron chi connectivity index (χ2n) is 3.07. The van der Waals surface area contributed by atoms with Gasteiger partial charge >= 0.3 is 5.69 Å². The molecule has 0 atom stereocenters. The molecule has 0 saturated carbocycles. The number of nitro groups is 1. The molecule has 5 heteroatoms. The lowest BCUT2D eigenvalue weighted by molar-refractivity contribution is -0.387. The average molecular weight is 211 g/mol. The molecule has 0 aliphatic heterocycles. The highest BCUT2D eigenvalue weighted by molar-refractivity contribution is 5.49. The van der Waals surface area contributed by atoms with Gasteiger partial charge in [0.1, 0.15) is 6.29 Å². The molecule has 1 aromatic carbocycles. The van der Waals surface area contributed by atoms with E-state index in [1.54, 1.807) is 0 Å². The lowest BCUT2D eigenvalue weighted by atomic mass is 10.1. The summed E-state index contributed by atoms with van der Waals surface area (Å²) in [6, 6.07) is 4.06. The fraction of sp³-hybridized carbons (Fsp3) is 0.300. The Morgan fingerprint density at radius 3 is 2.80 bits per heavy atom. The molecule has 0 aromatic heterocycles. The number of aryl methyl sites for hydroxylation is 1. The molecule has 0 heterocycles. The quantitative estimate of drug-likeness (QED) is 0.325. The monoisotopic (exact) mass is 211 g/mol. The van der Waals surface area contributed by atoms with Gasteiger partial charge in [-0.15, -0.1) is 0 Å². The minimum absolute atomic E-state index is 0.283. The molecule has 1 aromatic rings. The number of benzene rings is 1. The van der Waals surface area contributed by atoms with Gasteiger partial charge in [-0.25, -0.2) is 0 Å². The summed E-state index contributed by atoms with van der Waals surface area (Å²) in [5.41, 5.74) is -0.232. The van der Waals surface area contributed by atoms with Crippen molar-refractivity contribution in [1.82, 2.24) is 0 Å². The van der Waals surface area contributed by atoms with E-state index in [4.69, 9.17) is 0 Å². The first kappa shape index (κ1) is 11.3. The zero-order valence-corrected chi connectivity index (χ0v) is 7.98. The number of aldehydes is 1. The van der Waals surface area contributed by atoms with Crippen LogP contribution in [0.25, 0.3) is 0 Å². The van der Waals surface area contributed by atoms with E-state index >= 15 is 0 Å². The Labute approximate surface area is 85.9 Å². The Balaban J connectivity index is 2.84. The summed E-state index contributed by atoms with van der Waals surface area (Å²) < 4.78 is 13.4. The van der Waals surface area contributed by atoms with Crippen molar-refractivity contribution >= 4 is 12.0 Å². The molecular formula is C10H10FNO3. The Kier molecular flexibility index (Phi) is 3.91. The molecule has 0 saturated heterocycles. The highest BCUT2D eigenvalue weighted by Gasteiger charge is 2.16. The van der Waals surface area contributed by atoms with Crippen LogP contribution < -0.4 is 0 Å². The second kappa shape index (κ2) is 5.19. The third kappa shape index (κ3) is 2.83. The van der Waals surface area contributed by atoms with E-state index in [-0.39, 0.29) is 5.56 Å². The molecule has 0 bridgehead atoms. The molecule has 0 fully saturated rings. The van der Waals surface area contributed by atoms with Crippen molar-refractivity contribution in [2.75, 3.05) is 0 Å². The van der Waals surface area contributed by atoms with Crippen molar-refractivity contribution in [1.29, 1.82) is 0 Å². The summed E-state index contributed by atoms with van der Waals surface area (Å²) in [7, 11) is 0. The van der Waals surface area contributed by atoms with Crippen molar-refractivity contribution in [3.63, 3.8) is 0 Å². The van der Waals surface area contributed by atoms with Crippen molar-refractivity contribution < 1.29 is 14.1 Å². The summed E-state index contributed by atoms with van der Waals surface area (Å²) in [6.07, 6.45) is 1.92. The summed E-state index contributed by atoms with van der Waals surface area (Å²) in [4.78, 5) is 19.7. The lowest BCUT2D eigenvalue weighted by Gasteiger charge is -2.01. The minimum Gasteiger partial charge on any atom is -0.303 e. The third-order valence-electron chi connectivity index (χ3n) is 2.02. The molecule has 0 aliphatic carbocycles. The van der Waals surface area contributed by atoms with Crippen molar-refractivity contribution in [3.05, 3.63) is 39.7 Å². The molecule has 0 N–H and O–H groups in total. The van der Waals surface area contributed by atoms with Gasteiger partial charge in [0.25, 0.3) is 0 Å². The van der Waals surface area contributed by atoms with Gasteiger partial charge < -0.3 is 4.79 Å². The highest BCUT2D eigenvalue weighted by atomic mass is 19.1. The van der Waals surface area contributed by atoms with Gasteiger partial charge in [-0.1, -0.05) is 12.1 Å². The van der Waals surface area contributed by atoms with E-state index in [0.717, 1.165) is 12.4 Å². The summed E-state index contributed by atoms with van der Waals surface area (Å²) in [5, 5.41) is 10.4. The van der Waals surface area contributed by atoms with Crippen LogP contribution in [0.5, 0.6) is 0 Å². The number of nitrogens with zero attached hydrogens (tertiary/aromatic N) is 1. The first-order valence-electron chi connectivity index (χ1n) is 4.52. The number of carbonyl (C=O) groups is 1. The molecule has 4 nitrogen and oxygen atoms in total. The summed E-state index contributed by atoms with van der Waals surface area (Å²) in [5.74, 6) is -0.798. The smallest absolute Gasteiger partial charge is 0.303 e. The molecular weight excluding hydrogens is 201 g/mol. The predicted molar refractivity (Wildman–Crippen MR) is 52.1 cm³/mol. The normalized spacial score (nSPS) is 9.93. The second-order valence-corrected chi connectivity index (χ2v) is 3.07. The molecule has 1 rings (SSSR count). The van der Waals surface area contributed by atoms with E-state index in [9.17, 15) is 19.3 Å². The van der Waals surface area contributed by atoms with Crippen LogP contribution >= 0.6 is 0 Å². The van der Waals surface area contributed by atoms with Crippen LogP contribution in [-0.4, -0.2) is 11.2 Å². The molecule has 80 valence electrons. The Morgan fingerprint density at radius 2 is 2.20 bits per heavy atom. The number of halogens is 1. The fourth-order valence-corrected chi connectivity index (χ4v) is 1.28. The SMILES string of the molecule is O=CCCCc1cccc([N+](=O)[O-])c1F. The molecule has 15 heavy (non-hydrogen) atoms. The van der Waals surface area contributed by atoms with Crippen molar-refractivity contribution in [2.45, 2.75) is 19.3 Å². The van der Waals surface area contributed by atoms with Crippen molar-refractivity contribution in [2.24, 2.45) is 0 Å². The Hall–Kier alpha value is -1.78. The maximum atomic E-state index is 13.4. The topological polar surface area (TPSA) is 60.2 Å². The van der Waals surface area contributed by atoms with E-state index < -0.39 is 16.4 Å². The van der Waals surface area contributed by atoms with Crippen LogP contribution in [0.3, 0.4) is 0 Å². The van der Waals surface area contributed by atoms with Crippen LogP contribution in [-0.2, 0) is 11.2 Å². The number of hydrogen-bond acceptors (Lipinski definition) is 3. The largest absolute Gasteiger partial charge is 0.305 e. The van der Waals surface area contributed by atoms with E-state index in [1.165, 1.54) is 12.1 Å². The summed E-state index contributed by atoms with van der Waals surface area (Å²) in [6.45, 7) is 0. The highest BCUT2D eigenvalue weighted by Crippen LogP contribution is 2.21. The zero-order chi connectivity index (χ0) is 11.3. The molecule has 0 radical (unpaired) electrons. The van der Waals surface area contributed by atoms with Gasteiger partial charge in [-0.3, -0.25) is 10.1 Å². The predicted octanol–water partition coefficient (Wildman–Crippen LogP) is 2.26. The molecule has 0 spiro atoms. The van der Waals surface area contributed by atoms with Gasteiger partial charge in [0.2, 0.25) is 5.82 Å². The average Bonchev–Trinajstić information content (AvgIpc) is 2.20. The van der Waals surface area contributed by atoms with Gasteiger partial charge in [0.15, 0.2) is 0 Å². The summed E-state index contributed by atoms with van der Waals surface area (Å²) >= 11 is 0. The van der Waals surface area contributed by atoms with Gasteiger partial charge in [-0.05, 0) is 18.4 Å². The van der Waals surface area contributed by atoms with Crippen LogP contribution in [0.15, 0.2) is 18.2 Å². The minimum atomic E-state index is -0.798. The van der Waals surface area contributed by atoms with E-state index in [1.807, 2.05) is 0 Å². The number of nitro benzene ring substituents is 1. The Morgan fingerprint density at radius 1 is 1.47 bits per heavy atom. The zero-order valence-electron chi connectivity index (χ0n) is 7.98. The van der Waals surface area contributed by atoms with Gasteiger partial charge in [-0.2, -0.15) is 4.39 Å². The van der Waals surface area contributed by atoms with Crippen LogP contribution in [0.1, 0.15) is 18.4 Å². The number of carbonyl (C=O) groups excluding carboxylic acids is 1. The maximum Gasteiger partial charge on any atom is 0.305 e. The third-order valence-corrected chi connectivity index (χ3v) is 2.02. The van der Waals surface area contributed by atoms with E-state index in [0.29, 0.717) is 19.3 Å². The van der Waals surface area contributed by atoms with Gasteiger partial charge in [0, 0.05) is 12.5 Å². The number of hydrogen-bond donors (Lipinski definition) is 0. The first-order chi connectivity index (χ1) is 7.16. The standard InChI is InChI=1S/C10H10FNO3/c11-10-8(4-1-2-7-13)5-3-6-9(10)12(14)15/h3,5-7H,1-2,4H2. The van der Waals surface area contributed by atoms with Crippen molar-refractivity contribution in [3.8, 4) is 0 Å². The molecule has 0 unspecified atom stereocenters. The van der Waals surface area contributed by atoms with Crippen LogP contribution in [0.2, 0.25) is 0 Å². The number of unbranched alkanes of at least 4 members (excludes halogenated alkanes) is 1. The maximum absolute atomic E-state index is 13.4. The van der Waals surface area contributed by atoms with Crippen LogP contribution in [0.4, 0.5) is 10.1 Å². The van der Waals surface area contributed by atoms with Crippen LogP contribution in [0, 0.1) is 15.9 Å².